The number of benzene rings is 1. The van der Waals surface area contributed by atoms with E-state index in [4.69, 9.17) is 0 Å². The lowest BCUT2D eigenvalue weighted by Crippen LogP contribution is -2.25. The summed E-state index contributed by atoms with van der Waals surface area (Å²) in [5.41, 5.74) is 1.25. The molecule has 80 valence electrons. The van der Waals surface area contributed by atoms with Crippen molar-refractivity contribution in [3.05, 3.63) is 34.4 Å². The lowest BCUT2D eigenvalue weighted by Gasteiger charge is -2.23. The molecule has 0 amide bonds. The van der Waals surface area contributed by atoms with Crippen LogP contribution in [0.25, 0.3) is 0 Å². The predicted molar refractivity (Wildman–Crippen MR) is 59.1 cm³/mol. The number of nitro groups is 1. The van der Waals surface area contributed by atoms with E-state index in [1.165, 1.54) is 12.8 Å². The van der Waals surface area contributed by atoms with E-state index in [9.17, 15) is 10.1 Å². The minimum atomic E-state index is -0.364. The van der Waals surface area contributed by atoms with Crippen molar-refractivity contribution in [2.75, 3.05) is 11.4 Å². The second-order valence-corrected chi connectivity index (χ2v) is 3.96. The topological polar surface area (TPSA) is 46.4 Å². The average Bonchev–Trinajstić information content (AvgIpc) is 2.65. The molecular formula is C11H14N2O2. The molecule has 1 aliphatic heterocycles. The van der Waals surface area contributed by atoms with Crippen molar-refractivity contribution >= 4 is 11.4 Å². The van der Waals surface area contributed by atoms with Crippen molar-refractivity contribution in [2.45, 2.75) is 25.8 Å². The van der Waals surface area contributed by atoms with Crippen LogP contribution < -0.4 is 4.90 Å². The van der Waals surface area contributed by atoms with Crippen LogP contribution in [0.5, 0.6) is 0 Å². The van der Waals surface area contributed by atoms with Gasteiger partial charge >= 0.3 is 0 Å². The molecule has 1 atom stereocenters. The lowest BCUT2D eigenvalue weighted by molar-refractivity contribution is -0.384. The SMILES string of the molecule is C[C@@H]1CCCN1c1ccc([N+](=O)[O-])cc1. The first-order valence-electron chi connectivity index (χ1n) is 5.19. The van der Waals surface area contributed by atoms with Gasteiger partial charge in [0.1, 0.15) is 0 Å². The van der Waals surface area contributed by atoms with E-state index in [1.807, 2.05) is 12.1 Å². The molecule has 1 aromatic rings. The number of anilines is 1. The van der Waals surface area contributed by atoms with E-state index in [-0.39, 0.29) is 10.6 Å². The highest BCUT2D eigenvalue weighted by Gasteiger charge is 2.20. The van der Waals surface area contributed by atoms with Crippen LogP contribution in [0.15, 0.2) is 24.3 Å². The molecule has 0 spiro atoms. The summed E-state index contributed by atoms with van der Waals surface area (Å²) in [5.74, 6) is 0. The molecule has 2 rings (SSSR count). The maximum atomic E-state index is 10.5. The van der Waals surface area contributed by atoms with Gasteiger partial charge in [-0.25, -0.2) is 0 Å². The van der Waals surface area contributed by atoms with E-state index < -0.39 is 0 Å². The Morgan fingerprint density at radius 1 is 1.40 bits per heavy atom. The van der Waals surface area contributed by atoms with Crippen LogP contribution in [0, 0.1) is 10.1 Å². The largest absolute Gasteiger partial charge is 0.369 e. The standard InChI is InChI=1S/C11H14N2O2/c1-9-3-2-8-12(9)10-4-6-11(7-5-10)13(14)15/h4-7,9H,2-3,8H2,1H3/t9-/m1/s1. The summed E-state index contributed by atoms with van der Waals surface area (Å²) in [5, 5.41) is 10.5. The molecule has 1 aliphatic rings. The summed E-state index contributed by atoms with van der Waals surface area (Å²) in [6, 6.07) is 7.35. The molecule has 1 fully saturated rings. The van der Waals surface area contributed by atoms with Crippen molar-refractivity contribution in [3.63, 3.8) is 0 Å². The Labute approximate surface area is 88.7 Å². The third kappa shape index (κ3) is 1.93. The zero-order chi connectivity index (χ0) is 10.8. The van der Waals surface area contributed by atoms with Crippen molar-refractivity contribution in [1.82, 2.24) is 0 Å². The quantitative estimate of drug-likeness (QED) is 0.552. The van der Waals surface area contributed by atoms with Gasteiger partial charge in [-0.1, -0.05) is 0 Å². The number of nitro benzene ring substituents is 1. The molecule has 1 heterocycles. The first kappa shape index (κ1) is 9.96. The maximum Gasteiger partial charge on any atom is 0.269 e. The van der Waals surface area contributed by atoms with Gasteiger partial charge in [-0.15, -0.1) is 0 Å². The highest BCUT2D eigenvalue weighted by atomic mass is 16.6. The number of nitrogens with zero attached hydrogens (tertiary/aromatic N) is 2. The van der Waals surface area contributed by atoms with Gasteiger partial charge in [0, 0.05) is 30.4 Å². The monoisotopic (exact) mass is 206 g/mol. The van der Waals surface area contributed by atoms with Gasteiger partial charge in [0.05, 0.1) is 4.92 Å². The molecule has 0 aliphatic carbocycles. The Balaban J connectivity index is 2.19. The Bertz CT molecular complexity index is 361. The molecule has 4 heteroatoms. The van der Waals surface area contributed by atoms with Crippen LogP contribution in [0.2, 0.25) is 0 Å². The van der Waals surface area contributed by atoms with Crippen LogP contribution in [0.3, 0.4) is 0 Å². The second kappa shape index (κ2) is 3.88. The Hall–Kier alpha value is -1.58. The van der Waals surface area contributed by atoms with Crippen molar-refractivity contribution in [1.29, 1.82) is 0 Å². The summed E-state index contributed by atoms with van der Waals surface area (Å²) in [6.45, 7) is 3.24. The molecule has 0 unspecified atom stereocenters. The third-order valence-electron chi connectivity index (χ3n) is 2.95. The minimum Gasteiger partial charge on any atom is -0.369 e. The number of non-ortho nitro benzene ring substituents is 1. The summed E-state index contributed by atoms with van der Waals surface area (Å²) < 4.78 is 0. The second-order valence-electron chi connectivity index (χ2n) is 3.96. The number of hydrogen-bond donors (Lipinski definition) is 0. The van der Waals surface area contributed by atoms with Gasteiger partial charge in [-0.2, -0.15) is 0 Å². The smallest absolute Gasteiger partial charge is 0.269 e. The molecule has 1 aromatic carbocycles. The van der Waals surface area contributed by atoms with Gasteiger partial charge in [-0.3, -0.25) is 10.1 Å². The van der Waals surface area contributed by atoms with Crippen LogP contribution in [-0.4, -0.2) is 17.5 Å². The lowest BCUT2D eigenvalue weighted by atomic mass is 10.2. The predicted octanol–water partition coefficient (Wildman–Crippen LogP) is 2.58. The normalized spacial score (nSPS) is 20.6. The molecule has 1 saturated heterocycles. The Morgan fingerprint density at radius 3 is 2.53 bits per heavy atom. The fourth-order valence-electron chi connectivity index (χ4n) is 2.08. The summed E-state index contributed by atoms with van der Waals surface area (Å²) in [6.07, 6.45) is 2.41. The van der Waals surface area contributed by atoms with E-state index in [1.54, 1.807) is 12.1 Å². The van der Waals surface area contributed by atoms with E-state index >= 15 is 0 Å². The van der Waals surface area contributed by atoms with Gasteiger partial charge < -0.3 is 4.90 Å². The molecule has 15 heavy (non-hydrogen) atoms. The van der Waals surface area contributed by atoms with Crippen LogP contribution in [0.1, 0.15) is 19.8 Å². The summed E-state index contributed by atoms with van der Waals surface area (Å²) >= 11 is 0. The number of hydrogen-bond acceptors (Lipinski definition) is 3. The average molecular weight is 206 g/mol. The Kier molecular flexibility index (Phi) is 2.58. The molecule has 4 nitrogen and oxygen atoms in total. The van der Waals surface area contributed by atoms with Gasteiger partial charge in [0.15, 0.2) is 0 Å². The zero-order valence-corrected chi connectivity index (χ0v) is 8.72. The molecular weight excluding hydrogens is 192 g/mol. The van der Waals surface area contributed by atoms with Gasteiger partial charge in [0.2, 0.25) is 0 Å². The first-order valence-corrected chi connectivity index (χ1v) is 5.19. The van der Waals surface area contributed by atoms with Gasteiger partial charge in [-0.05, 0) is 31.9 Å². The van der Waals surface area contributed by atoms with E-state index in [0.29, 0.717) is 6.04 Å². The Morgan fingerprint density at radius 2 is 2.07 bits per heavy atom. The fourth-order valence-corrected chi connectivity index (χ4v) is 2.08. The molecule has 0 saturated carbocycles. The van der Waals surface area contributed by atoms with Crippen molar-refractivity contribution in [2.24, 2.45) is 0 Å². The fraction of sp³-hybridized carbons (Fsp3) is 0.455. The zero-order valence-electron chi connectivity index (χ0n) is 8.72. The third-order valence-corrected chi connectivity index (χ3v) is 2.95. The highest BCUT2D eigenvalue weighted by molar-refractivity contribution is 5.52. The van der Waals surface area contributed by atoms with Gasteiger partial charge in [0.25, 0.3) is 5.69 Å². The minimum absolute atomic E-state index is 0.158. The summed E-state index contributed by atoms with van der Waals surface area (Å²) in [4.78, 5) is 12.4. The summed E-state index contributed by atoms with van der Waals surface area (Å²) in [7, 11) is 0. The van der Waals surface area contributed by atoms with E-state index in [0.717, 1.165) is 12.2 Å². The maximum absolute atomic E-state index is 10.5. The highest BCUT2D eigenvalue weighted by Crippen LogP contribution is 2.26. The first-order chi connectivity index (χ1) is 7.18. The van der Waals surface area contributed by atoms with Crippen molar-refractivity contribution < 1.29 is 4.92 Å². The van der Waals surface area contributed by atoms with E-state index in [2.05, 4.69) is 11.8 Å². The van der Waals surface area contributed by atoms with Crippen LogP contribution in [0.4, 0.5) is 11.4 Å². The van der Waals surface area contributed by atoms with Crippen LogP contribution >= 0.6 is 0 Å². The molecule has 0 bridgehead atoms. The van der Waals surface area contributed by atoms with Crippen molar-refractivity contribution in [3.8, 4) is 0 Å². The molecule has 0 aromatic heterocycles. The number of rotatable bonds is 2. The molecule has 0 radical (unpaired) electrons. The molecule has 0 N–H and O–H groups in total. The van der Waals surface area contributed by atoms with Crippen LogP contribution in [-0.2, 0) is 0 Å².